The van der Waals surface area contributed by atoms with Crippen LogP contribution in [0.1, 0.15) is 29.0 Å². The predicted molar refractivity (Wildman–Crippen MR) is 87.6 cm³/mol. The van der Waals surface area contributed by atoms with E-state index in [1.165, 1.54) is 6.26 Å². The molecule has 1 fully saturated rings. The number of carbonyl (C=O) groups excluding carboxylic acids is 2. The van der Waals surface area contributed by atoms with Crippen molar-refractivity contribution < 1.29 is 14.0 Å². The number of benzene rings is 1. The van der Waals surface area contributed by atoms with E-state index in [4.69, 9.17) is 16.0 Å². The van der Waals surface area contributed by atoms with E-state index in [1.54, 1.807) is 29.2 Å². The lowest BCUT2D eigenvalue weighted by Crippen LogP contribution is -2.43. The molecule has 1 aromatic carbocycles. The molecule has 0 bridgehead atoms. The monoisotopic (exact) mass is 332 g/mol. The summed E-state index contributed by atoms with van der Waals surface area (Å²) in [6.07, 6.45) is 2.88. The zero-order valence-electron chi connectivity index (χ0n) is 12.7. The largest absolute Gasteiger partial charge is 0.459 e. The highest BCUT2D eigenvalue weighted by atomic mass is 35.5. The lowest BCUT2D eigenvalue weighted by Gasteiger charge is -2.23. The molecule has 6 heteroatoms. The third kappa shape index (κ3) is 3.24. The Bertz CT molecular complexity index is 727. The normalized spacial score (nSPS) is 17.3. The Kier molecular flexibility index (Phi) is 4.39. The number of aryl methyl sites for hydroxylation is 1. The topological polar surface area (TPSA) is 62.6 Å². The highest BCUT2D eigenvalue weighted by Crippen LogP contribution is 2.24. The second kappa shape index (κ2) is 6.46. The summed E-state index contributed by atoms with van der Waals surface area (Å²) in [5, 5.41) is 3.43. The maximum Gasteiger partial charge on any atom is 0.290 e. The van der Waals surface area contributed by atoms with Gasteiger partial charge in [-0.1, -0.05) is 17.7 Å². The maximum atomic E-state index is 12.5. The molecule has 1 aliphatic rings. The second-order valence-corrected chi connectivity index (χ2v) is 5.99. The van der Waals surface area contributed by atoms with Crippen LogP contribution in [0.2, 0.25) is 5.02 Å². The summed E-state index contributed by atoms with van der Waals surface area (Å²) >= 11 is 6.08. The zero-order valence-corrected chi connectivity index (χ0v) is 13.5. The van der Waals surface area contributed by atoms with Crippen LogP contribution in [0.3, 0.4) is 0 Å². The van der Waals surface area contributed by atoms with Crippen molar-refractivity contribution in [2.75, 3.05) is 11.9 Å². The number of hydrogen-bond donors (Lipinski definition) is 1. The molecule has 1 aromatic heterocycles. The van der Waals surface area contributed by atoms with Crippen molar-refractivity contribution in [2.45, 2.75) is 25.8 Å². The standard InChI is InChI=1S/C17H17ClN2O3/c1-11-6-7-12(10-13(11)18)19-16(21)14-4-2-8-20(14)17(22)15-5-3-9-23-15/h3,5-7,9-10,14H,2,4,8H2,1H3,(H,19,21)/t14-/m1/s1. The first-order chi connectivity index (χ1) is 11.1. The van der Waals surface area contributed by atoms with Crippen LogP contribution >= 0.6 is 11.6 Å². The van der Waals surface area contributed by atoms with Crippen molar-refractivity contribution in [3.8, 4) is 0 Å². The van der Waals surface area contributed by atoms with Crippen LogP contribution in [0.5, 0.6) is 0 Å². The minimum atomic E-state index is -0.493. The molecule has 1 saturated heterocycles. The van der Waals surface area contributed by atoms with Gasteiger partial charge in [-0.3, -0.25) is 9.59 Å². The van der Waals surface area contributed by atoms with Crippen LogP contribution in [0, 0.1) is 6.92 Å². The van der Waals surface area contributed by atoms with Gasteiger partial charge in [-0.25, -0.2) is 0 Å². The van der Waals surface area contributed by atoms with E-state index in [-0.39, 0.29) is 17.6 Å². The zero-order chi connectivity index (χ0) is 16.4. The molecular formula is C17H17ClN2O3. The summed E-state index contributed by atoms with van der Waals surface area (Å²) in [6, 6.07) is 8.13. The molecule has 0 aliphatic carbocycles. The molecule has 1 atom stereocenters. The van der Waals surface area contributed by atoms with Crippen LogP contribution < -0.4 is 5.32 Å². The SMILES string of the molecule is Cc1ccc(NC(=O)[C@H]2CCCN2C(=O)c2ccco2)cc1Cl. The molecule has 3 rings (SSSR count). The molecule has 1 aliphatic heterocycles. The summed E-state index contributed by atoms with van der Waals surface area (Å²) in [7, 11) is 0. The van der Waals surface area contributed by atoms with Gasteiger partial charge in [0.15, 0.2) is 5.76 Å². The molecule has 23 heavy (non-hydrogen) atoms. The van der Waals surface area contributed by atoms with Crippen molar-refractivity contribution in [2.24, 2.45) is 0 Å². The van der Waals surface area contributed by atoms with Gasteiger partial charge in [0, 0.05) is 17.3 Å². The van der Waals surface area contributed by atoms with E-state index < -0.39 is 6.04 Å². The first-order valence-corrected chi connectivity index (χ1v) is 7.85. The van der Waals surface area contributed by atoms with Gasteiger partial charge in [-0.15, -0.1) is 0 Å². The number of nitrogens with one attached hydrogen (secondary N) is 1. The Labute approximate surface area is 139 Å². The minimum absolute atomic E-state index is 0.206. The van der Waals surface area contributed by atoms with Crippen LogP contribution in [0.25, 0.3) is 0 Å². The molecule has 2 aromatic rings. The quantitative estimate of drug-likeness (QED) is 0.935. The van der Waals surface area contributed by atoms with E-state index in [1.807, 2.05) is 13.0 Å². The molecular weight excluding hydrogens is 316 g/mol. The molecule has 2 amide bonds. The number of carbonyl (C=O) groups is 2. The summed E-state index contributed by atoms with van der Waals surface area (Å²) < 4.78 is 5.14. The van der Waals surface area contributed by atoms with Crippen LogP contribution in [-0.4, -0.2) is 29.3 Å². The molecule has 5 nitrogen and oxygen atoms in total. The van der Waals surface area contributed by atoms with Gasteiger partial charge < -0.3 is 14.6 Å². The Morgan fingerprint density at radius 1 is 1.35 bits per heavy atom. The lowest BCUT2D eigenvalue weighted by molar-refractivity contribution is -0.119. The highest BCUT2D eigenvalue weighted by Gasteiger charge is 2.35. The number of furan rings is 1. The van der Waals surface area contributed by atoms with Gasteiger partial charge in [-0.05, 0) is 49.6 Å². The summed E-state index contributed by atoms with van der Waals surface area (Å²) in [5.41, 5.74) is 1.57. The number of anilines is 1. The van der Waals surface area contributed by atoms with Gasteiger partial charge >= 0.3 is 0 Å². The molecule has 0 saturated carbocycles. The Balaban J connectivity index is 1.73. The minimum Gasteiger partial charge on any atom is -0.459 e. The molecule has 120 valence electrons. The van der Waals surface area contributed by atoms with E-state index >= 15 is 0 Å². The van der Waals surface area contributed by atoms with Crippen molar-refractivity contribution >= 4 is 29.1 Å². The van der Waals surface area contributed by atoms with Gasteiger partial charge in [0.2, 0.25) is 5.91 Å². The van der Waals surface area contributed by atoms with Gasteiger partial charge in [0.25, 0.3) is 5.91 Å². The number of likely N-dealkylation sites (tertiary alicyclic amines) is 1. The fourth-order valence-corrected chi connectivity index (χ4v) is 2.90. The fourth-order valence-electron chi connectivity index (χ4n) is 2.72. The smallest absolute Gasteiger partial charge is 0.290 e. The van der Waals surface area contributed by atoms with Gasteiger partial charge in [0.1, 0.15) is 6.04 Å². The average Bonchev–Trinajstić information content (AvgIpc) is 3.21. The Morgan fingerprint density at radius 2 is 2.17 bits per heavy atom. The molecule has 0 radical (unpaired) electrons. The third-order valence-corrected chi connectivity index (χ3v) is 4.39. The number of nitrogens with zero attached hydrogens (tertiary/aromatic N) is 1. The number of amides is 2. The van der Waals surface area contributed by atoms with E-state index in [2.05, 4.69) is 5.32 Å². The van der Waals surface area contributed by atoms with E-state index in [9.17, 15) is 9.59 Å². The third-order valence-electron chi connectivity index (χ3n) is 3.99. The second-order valence-electron chi connectivity index (χ2n) is 5.59. The average molecular weight is 333 g/mol. The van der Waals surface area contributed by atoms with Crippen molar-refractivity contribution in [1.82, 2.24) is 4.90 Å². The number of hydrogen-bond acceptors (Lipinski definition) is 3. The first-order valence-electron chi connectivity index (χ1n) is 7.48. The highest BCUT2D eigenvalue weighted by molar-refractivity contribution is 6.31. The maximum absolute atomic E-state index is 12.5. The summed E-state index contributed by atoms with van der Waals surface area (Å²) in [4.78, 5) is 26.5. The van der Waals surface area contributed by atoms with E-state index in [0.29, 0.717) is 23.7 Å². The van der Waals surface area contributed by atoms with Crippen molar-refractivity contribution in [1.29, 1.82) is 0 Å². The van der Waals surface area contributed by atoms with Gasteiger partial charge in [-0.2, -0.15) is 0 Å². The molecule has 2 heterocycles. The predicted octanol–water partition coefficient (Wildman–Crippen LogP) is 3.48. The molecule has 0 unspecified atom stereocenters. The lowest BCUT2D eigenvalue weighted by atomic mass is 10.1. The van der Waals surface area contributed by atoms with Gasteiger partial charge in [0.05, 0.1) is 6.26 Å². The summed E-state index contributed by atoms with van der Waals surface area (Å²) in [5.74, 6) is -0.208. The van der Waals surface area contributed by atoms with Crippen LogP contribution in [-0.2, 0) is 4.79 Å². The first kappa shape index (κ1) is 15.6. The van der Waals surface area contributed by atoms with Crippen LogP contribution in [0.15, 0.2) is 41.0 Å². The Morgan fingerprint density at radius 3 is 2.87 bits per heavy atom. The Hall–Kier alpha value is -2.27. The summed E-state index contributed by atoms with van der Waals surface area (Å²) in [6.45, 7) is 2.45. The van der Waals surface area contributed by atoms with Crippen molar-refractivity contribution in [3.05, 3.63) is 52.9 Å². The number of rotatable bonds is 3. The number of halogens is 1. The van der Waals surface area contributed by atoms with Crippen LogP contribution in [0.4, 0.5) is 5.69 Å². The molecule has 1 N–H and O–H groups in total. The van der Waals surface area contributed by atoms with E-state index in [0.717, 1.165) is 12.0 Å². The fraction of sp³-hybridized carbons (Fsp3) is 0.294. The van der Waals surface area contributed by atoms with Crippen molar-refractivity contribution in [3.63, 3.8) is 0 Å². The molecule has 0 spiro atoms.